The Kier molecular flexibility index (Phi) is 3.05. The summed E-state index contributed by atoms with van der Waals surface area (Å²) in [6.45, 7) is 4.23. The van der Waals surface area contributed by atoms with Crippen LogP contribution in [0.15, 0.2) is 28.7 Å². The highest BCUT2D eigenvalue weighted by Gasteiger charge is 2.30. The number of nitrogens with two attached hydrogens (primary N) is 1. The van der Waals surface area contributed by atoms with Crippen molar-refractivity contribution in [3.63, 3.8) is 0 Å². The van der Waals surface area contributed by atoms with E-state index in [1.807, 2.05) is 0 Å². The second kappa shape index (κ2) is 4.60. The maximum atomic E-state index is 6.00. The Bertz CT molecular complexity index is 637. The van der Waals surface area contributed by atoms with Gasteiger partial charge in [-0.15, -0.1) is 0 Å². The number of benzene rings is 1. The summed E-state index contributed by atoms with van der Waals surface area (Å²) in [5.74, 6) is 2.01. The van der Waals surface area contributed by atoms with E-state index in [-0.39, 0.29) is 0 Å². The van der Waals surface area contributed by atoms with Crippen LogP contribution in [0.5, 0.6) is 0 Å². The Morgan fingerprint density at radius 2 is 2.00 bits per heavy atom. The molecule has 0 aliphatic heterocycles. The van der Waals surface area contributed by atoms with Crippen LogP contribution in [0.25, 0.3) is 0 Å². The van der Waals surface area contributed by atoms with Gasteiger partial charge in [-0.25, -0.2) is 9.97 Å². The Hall–Kier alpha value is -1.42. The molecular formula is C15H16BrN3. The number of hydrogen-bond acceptors (Lipinski definition) is 3. The van der Waals surface area contributed by atoms with Gasteiger partial charge in [-0.3, -0.25) is 0 Å². The average molecular weight is 318 g/mol. The molecule has 1 aromatic heterocycles. The number of nitrogen functional groups attached to an aromatic ring is 1. The zero-order chi connectivity index (χ0) is 13.6. The summed E-state index contributed by atoms with van der Waals surface area (Å²) in [6, 6.07) is 8.46. The van der Waals surface area contributed by atoms with Crippen molar-refractivity contribution in [2.75, 3.05) is 5.73 Å². The van der Waals surface area contributed by atoms with Gasteiger partial charge in [-0.1, -0.05) is 38.1 Å². The van der Waals surface area contributed by atoms with Crippen LogP contribution in [-0.2, 0) is 6.42 Å². The predicted molar refractivity (Wildman–Crippen MR) is 80.2 cm³/mol. The van der Waals surface area contributed by atoms with Crippen molar-refractivity contribution in [3.05, 3.63) is 51.4 Å². The topological polar surface area (TPSA) is 51.8 Å². The van der Waals surface area contributed by atoms with Gasteiger partial charge in [0.05, 0.1) is 10.2 Å². The molecule has 0 amide bonds. The fourth-order valence-corrected chi connectivity index (χ4v) is 3.16. The molecule has 0 saturated heterocycles. The molecule has 0 fully saturated rings. The highest BCUT2D eigenvalue weighted by molar-refractivity contribution is 9.10. The molecule has 1 atom stereocenters. The molecule has 1 aliphatic carbocycles. The Morgan fingerprint density at radius 1 is 1.26 bits per heavy atom. The molecule has 1 aromatic carbocycles. The lowest BCUT2D eigenvalue weighted by atomic mass is 9.77. The van der Waals surface area contributed by atoms with Crippen molar-refractivity contribution >= 4 is 21.7 Å². The summed E-state index contributed by atoms with van der Waals surface area (Å²) in [5, 5.41) is 0. The Labute approximate surface area is 121 Å². The van der Waals surface area contributed by atoms with Crippen LogP contribution in [0.1, 0.15) is 48.3 Å². The first-order valence-electron chi connectivity index (χ1n) is 6.48. The van der Waals surface area contributed by atoms with Crippen LogP contribution >= 0.6 is 15.9 Å². The molecule has 0 radical (unpaired) electrons. The maximum Gasteiger partial charge on any atom is 0.141 e. The maximum absolute atomic E-state index is 6.00. The first kappa shape index (κ1) is 12.6. The van der Waals surface area contributed by atoms with E-state index >= 15 is 0 Å². The second-order valence-electron chi connectivity index (χ2n) is 5.28. The molecule has 0 saturated carbocycles. The molecule has 4 heteroatoms. The second-order valence-corrected chi connectivity index (χ2v) is 6.07. The average Bonchev–Trinajstić information content (AvgIpc) is 2.34. The highest BCUT2D eigenvalue weighted by atomic mass is 79.9. The molecule has 1 aliphatic rings. The number of halogens is 1. The number of nitrogens with zero attached hydrogens (tertiary/aromatic N) is 2. The van der Waals surface area contributed by atoms with Gasteiger partial charge >= 0.3 is 0 Å². The first-order chi connectivity index (χ1) is 9.08. The number of anilines is 1. The lowest BCUT2D eigenvalue weighted by Gasteiger charge is -2.29. The standard InChI is InChI=1S/C15H16BrN3/c1-8(2)13-12(16)14(17)19-15(18-13)11-7-9-5-3-4-6-10(9)11/h3-6,8,11H,7H2,1-2H3,(H2,17,18,19). The van der Waals surface area contributed by atoms with E-state index in [0.29, 0.717) is 17.7 Å². The van der Waals surface area contributed by atoms with Gasteiger partial charge in [0.25, 0.3) is 0 Å². The molecule has 2 N–H and O–H groups in total. The summed E-state index contributed by atoms with van der Waals surface area (Å²) >= 11 is 3.49. The zero-order valence-electron chi connectivity index (χ0n) is 11.0. The van der Waals surface area contributed by atoms with Crippen LogP contribution in [0.2, 0.25) is 0 Å². The summed E-state index contributed by atoms with van der Waals surface area (Å²) in [4.78, 5) is 9.17. The van der Waals surface area contributed by atoms with Crippen LogP contribution < -0.4 is 5.73 Å². The minimum absolute atomic E-state index is 0.295. The van der Waals surface area contributed by atoms with Crippen molar-refractivity contribution in [3.8, 4) is 0 Å². The van der Waals surface area contributed by atoms with E-state index < -0.39 is 0 Å². The van der Waals surface area contributed by atoms with Crippen molar-refractivity contribution in [1.82, 2.24) is 9.97 Å². The van der Waals surface area contributed by atoms with Gasteiger partial charge in [0.15, 0.2) is 0 Å². The van der Waals surface area contributed by atoms with Crippen molar-refractivity contribution < 1.29 is 0 Å². The van der Waals surface area contributed by atoms with Gasteiger partial charge in [0.1, 0.15) is 11.6 Å². The van der Waals surface area contributed by atoms with Gasteiger partial charge in [-0.2, -0.15) is 0 Å². The molecule has 19 heavy (non-hydrogen) atoms. The normalized spacial score (nSPS) is 17.2. The molecule has 3 rings (SSSR count). The number of hydrogen-bond donors (Lipinski definition) is 1. The summed E-state index contributed by atoms with van der Waals surface area (Å²) in [6.07, 6.45) is 1.01. The molecule has 2 aromatic rings. The largest absolute Gasteiger partial charge is 0.383 e. The molecular weight excluding hydrogens is 302 g/mol. The van der Waals surface area contributed by atoms with E-state index in [1.54, 1.807) is 0 Å². The minimum atomic E-state index is 0.295. The Balaban J connectivity index is 2.04. The SMILES string of the molecule is CC(C)c1nc(C2Cc3ccccc32)nc(N)c1Br. The fourth-order valence-electron chi connectivity index (χ4n) is 2.53. The third-order valence-electron chi connectivity index (χ3n) is 3.63. The third kappa shape index (κ3) is 2.04. The van der Waals surface area contributed by atoms with Crippen molar-refractivity contribution in [2.24, 2.45) is 0 Å². The fraction of sp³-hybridized carbons (Fsp3) is 0.333. The highest BCUT2D eigenvalue weighted by Crippen LogP contribution is 2.40. The molecule has 0 bridgehead atoms. The van der Waals surface area contributed by atoms with Gasteiger partial charge in [-0.05, 0) is 39.4 Å². The van der Waals surface area contributed by atoms with Gasteiger partial charge in [0.2, 0.25) is 0 Å². The number of rotatable bonds is 2. The van der Waals surface area contributed by atoms with Gasteiger partial charge in [0, 0.05) is 5.92 Å². The van der Waals surface area contributed by atoms with Crippen LogP contribution in [0, 0.1) is 0 Å². The summed E-state index contributed by atoms with van der Waals surface area (Å²) < 4.78 is 0.832. The van der Waals surface area contributed by atoms with Crippen LogP contribution in [0.4, 0.5) is 5.82 Å². The van der Waals surface area contributed by atoms with E-state index in [0.717, 1.165) is 22.4 Å². The molecule has 1 unspecified atom stereocenters. The summed E-state index contributed by atoms with van der Waals surface area (Å²) in [5.41, 5.74) is 9.71. The van der Waals surface area contributed by atoms with E-state index in [4.69, 9.17) is 10.7 Å². The molecule has 1 heterocycles. The molecule has 3 nitrogen and oxygen atoms in total. The predicted octanol–water partition coefficient (Wildman–Crippen LogP) is 3.63. The van der Waals surface area contributed by atoms with Crippen molar-refractivity contribution in [2.45, 2.75) is 32.1 Å². The van der Waals surface area contributed by atoms with E-state index in [9.17, 15) is 0 Å². The van der Waals surface area contributed by atoms with Crippen LogP contribution in [-0.4, -0.2) is 9.97 Å². The summed E-state index contributed by atoms with van der Waals surface area (Å²) in [7, 11) is 0. The monoisotopic (exact) mass is 317 g/mol. The van der Waals surface area contributed by atoms with E-state index in [2.05, 4.69) is 59.0 Å². The minimum Gasteiger partial charge on any atom is -0.383 e. The quantitative estimate of drug-likeness (QED) is 0.920. The first-order valence-corrected chi connectivity index (χ1v) is 7.27. The number of fused-ring (bicyclic) bond motifs is 1. The Morgan fingerprint density at radius 3 is 2.68 bits per heavy atom. The molecule has 98 valence electrons. The lowest BCUT2D eigenvalue weighted by molar-refractivity contribution is 0.646. The third-order valence-corrected chi connectivity index (χ3v) is 4.45. The van der Waals surface area contributed by atoms with Gasteiger partial charge < -0.3 is 5.73 Å². The van der Waals surface area contributed by atoms with E-state index in [1.165, 1.54) is 11.1 Å². The smallest absolute Gasteiger partial charge is 0.141 e. The lowest BCUT2D eigenvalue weighted by Crippen LogP contribution is -2.21. The molecule has 0 spiro atoms. The zero-order valence-corrected chi connectivity index (χ0v) is 12.6. The number of aromatic nitrogens is 2. The van der Waals surface area contributed by atoms with Crippen LogP contribution in [0.3, 0.4) is 0 Å². The van der Waals surface area contributed by atoms with Crippen molar-refractivity contribution in [1.29, 1.82) is 0 Å².